The quantitative estimate of drug-likeness (QED) is 0.565. The Morgan fingerprint density at radius 3 is 2.66 bits per heavy atom. The third-order valence-electron chi connectivity index (χ3n) is 6.52. The first-order chi connectivity index (χ1) is 15.5. The number of methoxy groups -OCH3 is 1. The Kier molecular flexibility index (Phi) is 7.04. The molecule has 6 nitrogen and oxygen atoms in total. The van der Waals surface area contributed by atoms with Gasteiger partial charge in [-0.15, -0.1) is 11.3 Å². The standard InChI is InChI=1S/C25H32N2O4S/c1-4-17(2)27(25(29)18-9-10-18)15-24(28)26-13-11-23-19(12-14-32-23)20(26)16-31-22-8-6-5-7-21(22)30-3/h5-8,12,14,17-18,20H,4,9-11,13,15-16H2,1-3H3/t17-,20-/m0/s1. The van der Waals surface area contributed by atoms with Gasteiger partial charge in [-0.1, -0.05) is 19.1 Å². The molecule has 1 aromatic carbocycles. The highest BCUT2D eigenvalue weighted by atomic mass is 32.1. The maximum Gasteiger partial charge on any atom is 0.242 e. The van der Waals surface area contributed by atoms with E-state index in [1.54, 1.807) is 23.3 Å². The van der Waals surface area contributed by atoms with Crippen molar-refractivity contribution in [1.82, 2.24) is 9.80 Å². The van der Waals surface area contributed by atoms with Crippen LogP contribution in [-0.4, -0.2) is 54.5 Å². The number of ether oxygens (including phenoxy) is 2. The summed E-state index contributed by atoms with van der Waals surface area (Å²) in [5.74, 6) is 1.55. The van der Waals surface area contributed by atoms with Crippen LogP contribution in [0.3, 0.4) is 0 Å². The Morgan fingerprint density at radius 1 is 1.22 bits per heavy atom. The van der Waals surface area contributed by atoms with Crippen molar-refractivity contribution in [2.45, 2.75) is 51.6 Å². The molecule has 0 N–H and O–H groups in total. The zero-order valence-corrected chi connectivity index (χ0v) is 19.9. The summed E-state index contributed by atoms with van der Waals surface area (Å²) in [5.41, 5.74) is 1.15. The summed E-state index contributed by atoms with van der Waals surface area (Å²) in [7, 11) is 1.62. The second-order valence-corrected chi connectivity index (χ2v) is 9.61. The number of nitrogens with zero attached hydrogens (tertiary/aromatic N) is 2. The predicted molar refractivity (Wildman–Crippen MR) is 125 cm³/mol. The van der Waals surface area contributed by atoms with Crippen molar-refractivity contribution in [2.24, 2.45) is 5.92 Å². The van der Waals surface area contributed by atoms with Crippen LogP contribution >= 0.6 is 11.3 Å². The number of hydrogen-bond acceptors (Lipinski definition) is 5. The second-order valence-electron chi connectivity index (χ2n) is 8.61. The van der Waals surface area contributed by atoms with E-state index in [1.807, 2.05) is 36.1 Å². The van der Waals surface area contributed by atoms with Crippen LogP contribution in [0, 0.1) is 5.92 Å². The van der Waals surface area contributed by atoms with Gasteiger partial charge in [-0.3, -0.25) is 9.59 Å². The molecular weight excluding hydrogens is 424 g/mol. The highest BCUT2D eigenvalue weighted by molar-refractivity contribution is 7.10. The lowest BCUT2D eigenvalue weighted by atomic mass is 10.00. The molecule has 0 bridgehead atoms. The van der Waals surface area contributed by atoms with Crippen molar-refractivity contribution >= 4 is 23.2 Å². The van der Waals surface area contributed by atoms with Crippen LogP contribution in [0.25, 0.3) is 0 Å². The van der Waals surface area contributed by atoms with Gasteiger partial charge in [0.25, 0.3) is 0 Å². The normalized spacial score (nSPS) is 18.6. The molecule has 1 aliphatic heterocycles. The topological polar surface area (TPSA) is 59.1 Å². The smallest absolute Gasteiger partial charge is 0.242 e. The van der Waals surface area contributed by atoms with Gasteiger partial charge >= 0.3 is 0 Å². The number of amides is 2. The molecule has 2 aliphatic rings. The molecule has 32 heavy (non-hydrogen) atoms. The fraction of sp³-hybridized carbons (Fsp3) is 0.520. The summed E-state index contributed by atoms with van der Waals surface area (Å²) in [6.07, 6.45) is 3.55. The van der Waals surface area contributed by atoms with Gasteiger partial charge in [-0.2, -0.15) is 0 Å². The van der Waals surface area contributed by atoms with Gasteiger partial charge in [0.1, 0.15) is 13.2 Å². The van der Waals surface area contributed by atoms with Crippen LogP contribution in [0.2, 0.25) is 0 Å². The summed E-state index contributed by atoms with van der Waals surface area (Å²) in [6.45, 7) is 5.21. The first-order valence-electron chi connectivity index (χ1n) is 11.5. The average molecular weight is 457 g/mol. The molecule has 7 heteroatoms. The molecule has 2 amide bonds. The van der Waals surface area contributed by atoms with Crippen molar-refractivity contribution in [2.75, 3.05) is 26.8 Å². The lowest BCUT2D eigenvalue weighted by molar-refractivity contribution is -0.145. The van der Waals surface area contributed by atoms with E-state index in [0.29, 0.717) is 24.7 Å². The maximum atomic E-state index is 13.5. The van der Waals surface area contributed by atoms with Gasteiger partial charge in [0, 0.05) is 23.4 Å². The molecule has 0 spiro atoms. The van der Waals surface area contributed by atoms with Crippen molar-refractivity contribution in [3.05, 3.63) is 46.2 Å². The average Bonchev–Trinajstić information content (AvgIpc) is 3.56. The molecule has 0 saturated heterocycles. The summed E-state index contributed by atoms with van der Waals surface area (Å²) < 4.78 is 11.6. The van der Waals surface area contributed by atoms with Gasteiger partial charge in [0.15, 0.2) is 11.5 Å². The number of hydrogen-bond donors (Lipinski definition) is 0. The molecule has 0 radical (unpaired) electrons. The second kappa shape index (κ2) is 9.94. The van der Waals surface area contributed by atoms with Crippen molar-refractivity contribution < 1.29 is 19.1 Å². The highest BCUT2D eigenvalue weighted by Gasteiger charge is 2.38. The number of carbonyl (C=O) groups is 2. The molecule has 1 aliphatic carbocycles. The van der Waals surface area contributed by atoms with E-state index in [0.717, 1.165) is 31.2 Å². The monoisotopic (exact) mass is 456 g/mol. The van der Waals surface area contributed by atoms with Gasteiger partial charge in [0.2, 0.25) is 11.8 Å². The number of benzene rings is 1. The minimum atomic E-state index is -0.183. The zero-order chi connectivity index (χ0) is 22.7. The highest BCUT2D eigenvalue weighted by Crippen LogP contribution is 2.36. The van der Waals surface area contributed by atoms with E-state index in [9.17, 15) is 9.59 Å². The minimum Gasteiger partial charge on any atom is -0.493 e. The Labute approximate surface area is 194 Å². The molecule has 1 fully saturated rings. The van der Waals surface area contributed by atoms with E-state index < -0.39 is 0 Å². The fourth-order valence-corrected chi connectivity index (χ4v) is 5.18. The molecule has 2 heterocycles. The van der Waals surface area contributed by atoms with E-state index in [4.69, 9.17) is 9.47 Å². The van der Waals surface area contributed by atoms with Gasteiger partial charge in [-0.05, 0) is 61.7 Å². The Bertz CT molecular complexity index is 955. The summed E-state index contributed by atoms with van der Waals surface area (Å²) in [4.78, 5) is 31.4. The van der Waals surface area contributed by atoms with Crippen LogP contribution in [-0.2, 0) is 16.0 Å². The van der Waals surface area contributed by atoms with E-state index in [1.165, 1.54) is 4.88 Å². The number of thiophene rings is 1. The molecule has 2 aromatic rings. The van der Waals surface area contributed by atoms with Crippen LogP contribution in [0.15, 0.2) is 35.7 Å². The van der Waals surface area contributed by atoms with Crippen molar-refractivity contribution in [3.8, 4) is 11.5 Å². The summed E-state index contributed by atoms with van der Waals surface area (Å²) in [5, 5.41) is 2.08. The van der Waals surface area contributed by atoms with E-state index in [-0.39, 0.29) is 36.4 Å². The Hall–Kier alpha value is -2.54. The largest absolute Gasteiger partial charge is 0.493 e. The third kappa shape index (κ3) is 4.77. The SMILES string of the molecule is CC[C@H](C)N(CC(=O)N1CCc2sccc2[C@@H]1COc1ccccc1OC)C(=O)C1CC1. The number of fused-ring (bicyclic) bond motifs is 1. The molecule has 1 saturated carbocycles. The van der Waals surface area contributed by atoms with Crippen LogP contribution in [0.4, 0.5) is 0 Å². The first-order valence-corrected chi connectivity index (χ1v) is 12.3. The number of para-hydroxylation sites is 2. The van der Waals surface area contributed by atoms with Gasteiger partial charge in [-0.25, -0.2) is 0 Å². The Morgan fingerprint density at radius 2 is 1.97 bits per heavy atom. The lowest BCUT2D eigenvalue weighted by Gasteiger charge is -2.38. The molecule has 4 rings (SSSR count). The third-order valence-corrected chi connectivity index (χ3v) is 7.52. The maximum absolute atomic E-state index is 13.5. The lowest BCUT2D eigenvalue weighted by Crippen LogP contribution is -2.50. The predicted octanol–water partition coefficient (Wildman–Crippen LogP) is 4.30. The number of carbonyl (C=O) groups excluding carboxylic acids is 2. The summed E-state index contributed by atoms with van der Waals surface area (Å²) >= 11 is 1.73. The van der Waals surface area contributed by atoms with E-state index in [2.05, 4.69) is 18.4 Å². The van der Waals surface area contributed by atoms with Crippen molar-refractivity contribution in [3.63, 3.8) is 0 Å². The molecule has 0 unspecified atom stereocenters. The zero-order valence-electron chi connectivity index (χ0n) is 19.1. The van der Waals surface area contributed by atoms with Crippen LogP contribution in [0.5, 0.6) is 11.5 Å². The molecule has 2 atom stereocenters. The van der Waals surface area contributed by atoms with Gasteiger partial charge < -0.3 is 19.3 Å². The first kappa shape index (κ1) is 22.6. The van der Waals surface area contributed by atoms with Crippen molar-refractivity contribution in [1.29, 1.82) is 0 Å². The minimum absolute atomic E-state index is 0.00947. The molecule has 172 valence electrons. The van der Waals surface area contributed by atoms with Crippen LogP contribution < -0.4 is 9.47 Å². The molecular formula is C25H32N2O4S. The van der Waals surface area contributed by atoms with Gasteiger partial charge in [0.05, 0.1) is 13.2 Å². The molecule has 1 aromatic heterocycles. The van der Waals surface area contributed by atoms with Crippen LogP contribution in [0.1, 0.15) is 49.6 Å². The van der Waals surface area contributed by atoms with E-state index >= 15 is 0 Å². The fourth-order valence-electron chi connectivity index (χ4n) is 4.25. The number of rotatable bonds is 9. The Balaban J connectivity index is 1.53. The summed E-state index contributed by atoms with van der Waals surface area (Å²) in [6, 6.07) is 9.51.